The molecule has 3 aromatic rings. The lowest BCUT2D eigenvalue weighted by molar-refractivity contribution is -0.113. The van der Waals surface area contributed by atoms with Crippen LogP contribution in [0, 0.1) is 0 Å². The third-order valence-corrected chi connectivity index (χ3v) is 5.44. The van der Waals surface area contributed by atoms with Gasteiger partial charge in [-0.05, 0) is 54.6 Å². The molecule has 0 N–H and O–H groups in total. The number of carbonyl (C=O) groups excluding carboxylic acids is 1. The van der Waals surface area contributed by atoms with E-state index >= 15 is 0 Å². The molecule has 1 heterocycles. The zero-order chi connectivity index (χ0) is 20.8. The van der Waals surface area contributed by atoms with Crippen LogP contribution in [0.15, 0.2) is 94.8 Å². The molecule has 0 aromatic heterocycles. The second-order valence-corrected chi connectivity index (χ2v) is 7.71. The van der Waals surface area contributed by atoms with E-state index in [9.17, 15) is 4.79 Å². The molecule has 5 heteroatoms. The molecule has 30 heavy (non-hydrogen) atoms. The molecule has 1 aliphatic heterocycles. The lowest BCUT2D eigenvalue weighted by Crippen LogP contribution is -2.28. The van der Waals surface area contributed by atoms with Gasteiger partial charge < -0.3 is 4.74 Å². The highest BCUT2D eigenvalue weighted by molar-refractivity contribution is 8.19. The van der Waals surface area contributed by atoms with Crippen LogP contribution in [-0.4, -0.2) is 17.7 Å². The summed E-state index contributed by atoms with van der Waals surface area (Å²) in [6.45, 7) is 2.71. The number of thioether (sulfide) groups is 1. The van der Waals surface area contributed by atoms with Crippen LogP contribution in [0.2, 0.25) is 0 Å². The number of hydrogen-bond donors (Lipinski definition) is 0. The first-order chi connectivity index (χ1) is 14.8. The first-order valence-electron chi connectivity index (χ1n) is 9.91. The maximum absolute atomic E-state index is 13.4. The maximum Gasteiger partial charge on any atom is 0.271 e. The number of benzene rings is 3. The highest BCUT2D eigenvalue weighted by atomic mass is 32.2. The summed E-state index contributed by atoms with van der Waals surface area (Å²) in [5.74, 6) is 0.686. The number of anilines is 1. The third kappa shape index (κ3) is 4.47. The molecule has 150 valence electrons. The monoisotopic (exact) mass is 414 g/mol. The van der Waals surface area contributed by atoms with E-state index < -0.39 is 0 Å². The lowest BCUT2D eigenvalue weighted by Gasteiger charge is -2.15. The average molecular weight is 415 g/mol. The molecular formula is C25H22N2O2S. The number of nitrogens with zero attached hydrogens (tertiary/aromatic N) is 2. The van der Waals surface area contributed by atoms with Crippen molar-refractivity contribution in [1.29, 1.82) is 0 Å². The summed E-state index contributed by atoms with van der Waals surface area (Å²) in [4.78, 5) is 20.4. The first-order valence-corrected chi connectivity index (χ1v) is 10.7. The summed E-state index contributed by atoms with van der Waals surface area (Å²) in [5, 5.41) is 0.635. The van der Waals surface area contributed by atoms with Crippen molar-refractivity contribution in [3.8, 4) is 5.75 Å². The maximum atomic E-state index is 13.4. The molecule has 1 fully saturated rings. The fraction of sp³-hybridized carbons (Fsp3) is 0.120. The second-order valence-electron chi connectivity index (χ2n) is 6.70. The van der Waals surface area contributed by atoms with Gasteiger partial charge in [-0.1, -0.05) is 61.5 Å². The van der Waals surface area contributed by atoms with E-state index in [2.05, 4.69) is 6.92 Å². The third-order valence-electron chi connectivity index (χ3n) is 4.47. The fourth-order valence-corrected chi connectivity index (χ4v) is 4.04. The van der Waals surface area contributed by atoms with E-state index in [-0.39, 0.29) is 5.91 Å². The van der Waals surface area contributed by atoms with Crippen LogP contribution >= 0.6 is 11.8 Å². The van der Waals surface area contributed by atoms with Crippen molar-refractivity contribution < 1.29 is 9.53 Å². The molecule has 0 radical (unpaired) electrons. The minimum Gasteiger partial charge on any atom is -0.493 e. The predicted molar refractivity (Wildman–Crippen MR) is 125 cm³/mol. The normalized spacial score (nSPS) is 16.4. The SMILES string of the molecule is CCCOc1ccccc1/C=C1/SC(=Nc2ccccc2)N(c2ccccc2)C1=O. The zero-order valence-corrected chi connectivity index (χ0v) is 17.5. The topological polar surface area (TPSA) is 41.9 Å². The minimum atomic E-state index is -0.0915. The standard InChI is InChI=1S/C25H22N2O2S/c1-2-17-29-22-16-10-9-11-19(22)18-23-24(28)27(21-14-7-4-8-15-21)25(30-23)26-20-12-5-3-6-13-20/h3-16,18H,2,17H2,1H3/b23-18+,26-25?. The number of carbonyl (C=O) groups is 1. The summed E-state index contributed by atoms with van der Waals surface area (Å²) >= 11 is 1.38. The summed E-state index contributed by atoms with van der Waals surface area (Å²) in [6, 6.07) is 27.1. The molecule has 0 atom stereocenters. The van der Waals surface area contributed by atoms with Gasteiger partial charge in [-0.3, -0.25) is 9.69 Å². The van der Waals surface area contributed by atoms with Gasteiger partial charge in [-0.15, -0.1) is 0 Å². The molecule has 0 saturated carbocycles. The van der Waals surface area contributed by atoms with Crippen molar-refractivity contribution in [3.05, 3.63) is 95.4 Å². The molecule has 0 bridgehead atoms. The molecule has 0 aliphatic carbocycles. The van der Waals surface area contributed by atoms with Crippen molar-refractivity contribution in [2.24, 2.45) is 4.99 Å². The number of amidine groups is 1. The Kier molecular flexibility index (Phi) is 6.30. The zero-order valence-electron chi connectivity index (χ0n) is 16.7. The van der Waals surface area contributed by atoms with Gasteiger partial charge in [-0.2, -0.15) is 0 Å². The van der Waals surface area contributed by atoms with Crippen molar-refractivity contribution in [1.82, 2.24) is 0 Å². The van der Waals surface area contributed by atoms with Gasteiger partial charge in [0, 0.05) is 5.56 Å². The number of ether oxygens (including phenoxy) is 1. The Hall–Kier alpha value is -3.31. The Balaban J connectivity index is 1.74. The van der Waals surface area contributed by atoms with E-state index in [4.69, 9.17) is 9.73 Å². The molecule has 1 saturated heterocycles. The van der Waals surface area contributed by atoms with E-state index in [1.807, 2.05) is 91.0 Å². The van der Waals surface area contributed by atoms with Crippen LogP contribution in [-0.2, 0) is 4.79 Å². The van der Waals surface area contributed by atoms with Crippen molar-refractivity contribution in [3.63, 3.8) is 0 Å². The highest BCUT2D eigenvalue weighted by Gasteiger charge is 2.34. The number of amides is 1. The number of rotatable bonds is 6. The van der Waals surface area contributed by atoms with Crippen LogP contribution in [0.25, 0.3) is 6.08 Å². The molecule has 1 aliphatic rings. The Morgan fingerprint density at radius 2 is 1.60 bits per heavy atom. The molecule has 0 unspecified atom stereocenters. The second kappa shape index (κ2) is 9.46. The van der Waals surface area contributed by atoms with E-state index in [0.29, 0.717) is 16.7 Å². The van der Waals surface area contributed by atoms with Gasteiger partial charge in [0.2, 0.25) is 0 Å². The number of para-hydroxylation sites is 3. The quantitative estimate of drug-likeness (QED) is 0.446. The van der Waals surface area contributed by atoms with Gasteiger partial charge in [0.25, 0.3) is 5.91 Å². The number of hydrogen-bond acceptors (Lipinski definition) is 4. The molecule has 1 amide bonds. The van der Waals surface area contributed by atoms with Gasteiger partial charge in [0.05, 0.1) is 22.9 Å². The Labute approximate surface area is 180 Å². The molecule has 4 nitrogen and oxygen atoms in total. The van der Waals surface area contributed by atoms with Crippen molar-refractivity contribution in [2.45, 2.75) is 13.3 Å². The summed E-state index contributed by atoms with van der Waals surface area (Å²) in [7, 11) is 0. The Bertz CT molecular complexity index is 1080. The Morgan fingerprint density at radius 1 is 0.933 bits per heavy atom. The lowest BCUT2D eigenvalue weighted by atomic mass is 10.2. The average Bonchev–Trinajstić information content (AvgIpc) is 3.09. The summed E-state index contributed by atoms with van der Waals surface area (Å²) in [6.07, 6.45) is 2.82. The van der Waals surface area contributed by atoms with Crippen LogP contribution in [0.1, 0.15) is 18.9 Å². The van der Waals surface area contributed by atoms with Crippen LogP contribution in [0.4, 0.5) is 11.4 Å². The Morgan fingerprint density at radius 3 is 2.33 bits per heavy atom. The fourth-order valence-electron chi connectivity index (χ4n) is 3.05. The number of aliphatic imine (C=N–C) groups is 1. The minimum absolute atomic E-state index is 0.0915. The van der Waals surface area contributed by atoms with Crippen LogP contribution in [0.5, 0.6) is 5.75 Å². The van der Waals surface area contributed by atoms with Gasteiger partial charge in [0.1, 0.15) is 5.75 Å². The van der Waals surface area contributed by atoms with E-state index in [0.717, 1.165) is 29.1 Å². The molecular weight excluding hydrogens is 392 g/mol. The molecule has 3 aromatic carbocycles. The summed E-state index contributed by atoms with van der Waals surface area (Å²) in [5.41, 5.74) is 2.49. The predicted octanol–water partition coefficient (Wildman–Crippen LogP) is 6.28. The van der Waals surface area contributed by atoms with Gasteiger partial charge >= 0.3 is 0 Å². The highest BCUT2D eigenvalue weighted by Crippen LogP contribution is 2.38. The first kappa shape index (κ1) is 20.0. The smallest absolute Gasteiger partial charge is 0.271 e. The van der Waals surface area contributed by atoms with E-state index in [1.54, 1.807) is 4.90 Å². The van der Waals surface area contributed by atoms with Crippen LogP contribution in [0.3, 0.4) is 0 Å². The summed E-state index contributed by atoms with van der Waals surface area (Å²) < 4.78 is 5.86. The van der Waals surface area contributed by atoms with Crippen molar-refractivity contribution in [2.75, 3.05) is 11.5 Å². The van der Waals surface area contributed by atoms with Crippen molar-refractivity contribution >= 4 is 40.3 Å². The van der Waals surface area contributed by atoms with Gasteiger partial charge in [0.15, 0.2) is 5.17 Å². The van der Waals surface area contributed by atoms with Gasteiger partial charge in [-0.25, -0.2) is 4.99 Å². The molecule has 4 rings (SSSR count). The largest absolute Gasteiger partial charge is 0.493 e. The molecule has 0 spiro atoms. The van der Waals surface area contributed by atoms with E-state index in [1.165, 1.54) is 11.8 Å². The van der Waals surface area contributed by atoms with Crippen LogP contribution < -0.4 is 9.64 Å².